The summed E-state index contributed by atoms with van der Waals surface area (Å²) >= 11 is 5.85. The molecule has 3 heteroatoms. The van der Waals surface area contributed by atoms with E-state index >= 15 is 0 Å². The van der Waals surface area contributed by atoms with Crippen LogP contribution in [0.1, 0.15) is 30.9 Å². The van der Waals surface area contributed by atoms with E-state index in [0.717, 1.165) is 8.90 Å². The summed E-state index contributed by atoms with van der Waals surface area (Å²) in [6, 6.07) is 8.45. The largest absolute Gasteiger partial charge is 0.369 e. The van der Waals surface area contributed by atoms with Crippen LogP contribution in [0.5, 0.6) is 0 Å². The first-order chi connectivity index (χ1) is 7.29. The van der Waals surface area contributed by atoms with Crippen LogP contribution in [0.3, 0.4) is 0 Å². The fourth-order valence-electron chi connectivity index (χ4n) is 1.62. The molecule has 1 aliphatic carbocycles. The molecule has 0 saturated heterocycles. The fraction of sp³-hybridized carbons (Fsp3) is 0.500. The quantitative estimate of drug-likeness (QED) is 0.552. The third kappa shape index (κ3) is 3.17. The summed E-state index contributed by atoms with van der Waals surface area (Å²) in [5.41, 5.74) is 1.29. The van der Waals surface area contributed by atoms with Crippen LogP contribution in [0.2, 0.25) is 0 Å². The molecule has 1 nitrogen and oxygen atoms in total. The fourth-order valence-corrected chi connectivity index (χ4v) is 2.60. The molecule has 0 N–H and O–H groups in total. The number of hydrogen-bond donors (Lipinski definition) is 0. The molecule has 1 unspecified atom stereocenters. The molecule has 1 fully saturated rings. The lowest BCUT2D eigenvalue weighted by atomic mass is 9.96. The first-order valence-electron chi connectivity index (χ1n) is 5.26. The normalized spacial score (nSPS) is 18.5. The summed E-state index contributed by atoms with van der Waals surface area (Å²) in [7, 11) is 0. The van der Waals surface area contributed by atoms with E-state index in [1.54, 1.807) is 0 Å². The Bertz CT molecular complexity index is 308. The van der Waals surface area contributed by atoms with E-state index in [1.165, 1.54) is 24.8 Å². The zero-order chi connectivity index (χ0) is 10.7. The third-order valence-electron chi connectivity index (χ3n) is 2.79. The summed E-state index contributed by atoms with van der Waals surface area (Å²) in [5, 5.41) is 0. The van der Waals surface area contributed by atoms with Crippen LogP contribution < -0.4 is 0 Å². The Morgan fingerprint density at radius 3 is 2.47 bits per heavy atom. The van der Waals surface area contributed by atoms with Gasteiger partial charge in [-0.1, -0.05) is 50.7 Å². The molecule has 82 valence electrons. The van der Waals surface area contributed by atoms with Gasteiger partial charge >= 0.3 is 0 Å². The molecule has 0 amide bonds. The second-order valence-corrected chi connectivity index (χ2v) is 5.68. The summed E-state index contributed by atoms with van der Waals surface area (Å²) < 4.78 is 8.19. The van der Waals surface area contributed by atoms with E-state index < -0.39 is 0 Å². The van der Waals surface area contributed by atoms with Crippen LogP contribution in [0.4, 0.5) is 0 Å². The number of alkyl halides is 1. The maximum absolute atomic E-state index is 6.04. The molecule has 0 radical (unpaired) electrons. The highest BCUT2D eigenvalue weighted by atomic mass is 127. The van der Waals surface area contributed by atoms with Gasteiger partial charge in [0.1, 0.15) is 0 Å². The lowest BCUT2D eigenvalue weighted by Gasteiger charge is -2.30. The number of halogens is 2. The van der Waals surface area contributed by atoms with Gasteiger partial charge in [-0.25, -0.2) is 0 Å². The van der Waals surface area contributed by atoms with Crippen molar-refractivity contribution in [3.8, 4) is 0 Å². The predicted molar refractivity (Wildman–Crippen MR) is 74.5 cm³/mol. The van der Waals surface area contributed by atoms with Crippen LogP contribution in [0, 0.1) is 0 Å². The minimum atomic E-state index is 0.268. The number of hydrogen-bond acceptors (Lipinski definition) is 1. The lowest BCUT2D eigenvalue weighted by molar-refractivity contribution is -0.0411. The molecule has 1 aromatic carbocycles. The molecule has 15 heavy (non-hydrogen) atoms. The summed E-state index contributed by atoms with van der Waals surface area (Å²) in [4.78, 5) is 0. The van der Waals surface area contributed by atoms with Crippen molar-refractivity contribution in [2.45, 2.75) is 31.5 Å². The van der Waals surface area contributed by atoms with Gasteiger partial charge in [-0.05, 0) is 37.0 Å². The van der Waals surface area contributed by atoms with Crippen molar-refractivity contribution in [3.63, 3.8) is 0 Å². The van der Waals surface area contributed by atoms with Gasteiger partial charge in [-0.2, -0.15) is 0 Å². The summed E-state index contributed by atoms with van der Waals surface area (Å²) in [5.74, 6) is 0. The van der Waals surface area contributed by atoms with E-state index in [9.17, 15) is 0 Å². The van der Waals surface area contributed by atoms with Crippen molar-refractivity contribution in [1.82, 2.24) is 0 Å². The zero-order valence-corrected chi connectivity index (χ0v) is 12.2. The van der Waals surface area contributed by atoms with Gasteiger partial charge in [0.15, 0.2) is 0 Å². The SMILES string of the molecule is Brc1ccc(C(CI)OC2CCC2)cc1. The Kier molecular flexibility index (Phi) is 4.46. The summed E-state index contributed by atoms with van der Waals surface area (Å²) in [6.07, 6.45) is 4.59. The third-order valence-corrected chi connectivity index (χ3v) is 4.12. The van der Waals surface area contributed by atoms with Gasteiger partial charge in [0, 0.05) is 8.90 Å². The molecular formula is C12H14BrIO. The molecule has 1 atom stereocenters. The maximum atomic E-state index is 6.04. The van der Waals surface area contributed by atoms with E-state index in [-0.39, 0.29) is 6.10 Å². The van der Waals surface area contributed by atoms with Crippen LogP contribution in [-0.4, -0.2) is 10.5 Å². The van der Waals surface area contributed by atoms with Gasteiger partial charge in [0.2, 0.25) is 0 Å². The zero-order valence-electron chi connectivity index (χ0n) is 8.46. The van der Waals surface area contributed by atoms with Gasteiger partial charge < -0.3 is 4.74 Å². The van der Waals surface area contributed by atoms with Crippen molar-refractivity contribution in [2.75, 3.05) is 4.43 Å². The van der Waals surface area contributed by atoms with Crippen LogP contribution >= 0.6 is 38.5 Å². The monoisotopic (exact) mass is 380 g/mol. The van der Waals surface area contributed by atoms with Gasteiger partial charge in [-0.15, -0.1) is 0 Å². The number of rotatable bonds is 4. The minimum Gasteiger partial charge on any atom is -0.369 e. The average molecular weight is 381 g/mol. The van der Waals surface area contributed by atoms with Crippen molar-refractivity contribution in [2.24, 2.45) is 0 Å². The van der Waals surface area contributed by atoms with Crippen molar-refractivity contribution in [1.29, 1.82) is 0 Å². The van der Waals surface area contributed by atoms with Crippen LogP contribution in [0.25, 0.3) is 0 Å². The Morgan fingerprint density at radius 2 is 2.00 bits per heavy atom. The van der Waals surface area contributed by atoms with Crippen LogP contribution in [0.15, 0.2) is 28.7 Å². The van der Waals surface area contributed by atoms with Crippen molar-refractivity contribution in [3.05, 3.63) is 34.3 Å². The molecular weight excluding hydrogens is 367 g/mol. The first kappa shape index (κ1) is 11.9. The minimum absolute atomic E-state index is 0.268. The molecule has 1 saturated carbocycles. The summed E-state index contributed by atoms with van der Waals surface area (Å²) in [6.45, 7) is 0. The van der Waals surface area contributed by atoms with Crippen molar-refractivity contribution < 1.29 is 4.74 Å². The lowest BCUT2D eigenvalue weighted by Crippen LogP contribution is -2.24. The second-order valence-electron chi connectivity index (χ2n) is 3.88. The molecule has 0 aliphatic heterocycles. The highest BCUT2D eigenvalue weighted by molar-refractivity contribution is 14.1. The smallest absolute Gasteiger partial charge is 0.0918 e. The van der Waals surface area contributed by atoms with Crippen LogP contribution in [-0.2, 0) is 4.74 Å². The Labute approximate surface area is 113 Å². The van der Waals surface area contributed by atoms with Gasteiger partial charge in [0.05, 0.1) is 12.2 Å². The van der Waals surface area contributed by atoms with E-state index in [1.807, 2.05) is 0 Å². The first-order valence-corrected chi connectivity index (χ1v) is 7.58. The average Bonchev–Trinajstić information content (AvgIpc) is 2.19. The number of ether oxygens (including phenoxy) is 1. The van der Waals surface area contributed by atoms with Crippen molar-refractivity contribution >= 4 is 38.5 Å². The van der Waals surface area contributed by atoms with E-state index in [4.69, 9.17) is 4.74 Å². The topological polar surface area (TPSA) is 9.23 Å². The highest BCUT2D eigenvalue weighted by Gasteiger charge is 2.22. The molecule has 0 bridgehead atoms. The molecule has 2 rings (SSSR count). The van der Waals surface area contributed by atoms with Gasteiger partial charge in [-0.3, -0.25) is 0 Å². The standard InChI is InChI=1S/C12H14BrIO/c13-10-6-4-9(5-7-10)12(8-14)15-11-2-1-3-11/h4-7,11-12H,1-3,8H2. The molecule has 0 heterocycles. The predicted octanol–water partition coefficient (Wildman–Crippen LogP) is 4.49. The Hall–Kier alpha value is 0.390. The molecule has 1 aliphatic rings. The Balaban J connectivity index is 2.01. The van der Waals surface area contributed by atoms with Gasteiger partial charge in [0.25, 0.3) is 0 Å². The molecule has 1 aromatic rings. The second kappa shape index (κ2) is 5.64. The molecule has 0 spiro atoms. The van der Waals surface area contributed by atoms with E-state index in [2.05, 4.69) is 62.8 Å². The number of benzene rings is 1. The highest BCUT2D eigenvalue weighted by Crippen LogP contribution is 2.30. The maximum Gasteiger partial charge on any atom is 0.0918 e. The Morgan fingerprint density at radius 1 is 1.33 bits per heavy atom. The van der Waals surface area contributed by atoms with E-state index in [0.29, 0.717) is 6.10 Å². The molecule has 0 aromatic heterocycles.